The minimum Gasteiger partial charge on any atom is -0.465 e. The highest BCUT2D eigenvalue weighted by atomic mass is 32.1. The molecule has 1 amide bonds. The second-order valence-corrected chi connectivity index (χ2v) is 5.77. The zero-order chi connectivity index (χ0) is 13.4. The van der Waals surface area contributed by atoms with Crippen LogP contribution in [-0.4, -0.2) is 32.6 Å². The maximum absolute atomic E-state index is 11.2. The summed E-state index contributed by atoms with van der Waals surface area (Å²) in [6.45, 7) is 2.69. The van der Waals surface area contributed by atoms with Crippen molar-refractivity contribution in [1.82, 2.24) is 14.9 Å². The predicted molar refractivity (Wildman–Crippen MR) is 73.5 cm³/mol. The van der Waals surface area contributed by atoms with Crippen molar-refractivity contribution in [2.24, 2.45) is 0 Å². The van der Waals surface area contributed by atoms with E-state index in [0.717, 1.165) is 34.6 Å². The zero-order valence-electron chi connectivity index (χ0n) is 10.7. The van der Waals surface area contributed by atoms with Crippen molar-refractivity contribution in [3.8, 4) is 0 Å². The maximum atomic E-state index is 11.2. The van der Waals surface area contributed by atoms with Gasteiger partial charge in [0.25, 0.3) is 0 Å². The van der Waals surface area contributed by atoms with Crippen LogP contribution < -0.4 is 0 Å². The quantitative estimate of drug-likeness (QED) is 0.916. The molecule has 0 unspecified atom stereocenters. The normalized spacial score (nSPS) is 19.2. The van der Waals surface area contributed by atoms with Crippen molar-refractivity contribution in [3.05, 3.63) is 22.8 Å². The Balaban J connectivity index is 1.98. The third-order valence-electron chi connectivity index (χ3n) is 3.51. The Morgan fingerprint density at radius 3 is 3.21 bits per heavy atom. The molecule has 19 heavy (non-hydrogen) atoms. The number of nitrogens with zero attached hydrogens (tertiary/aromatic N) is 3. The number of aryl methyl sites for hydroxylation is 1. The van der Waals surface area contributed by atoms with Gasteiger partial charge in [0.05, 0.1) is 10.7 Å². The molecule has 0 saturated carbocycles. The number of aromatic nitrogens is 2. The van der Waals surface area contributed by atoms with Crippen LogP contribution in [0.25, 0.3) is 10.3 Å². The van der Waals surface area contributed by atoms with Gasteiger partial charge in [0.15, 0.2) is 5.65 Å². The number of carbonyl (C=O) groups is 1. The summed E-state index contributed by atoms with van der Waals surface area (Å²) >= 11 is 1.57. The van der Waals surface area contributed by atoms with Crippen LogP contribution in [0.4, 0.5) is 4.79 Å². The van der Waals surface area contributed by atoms with E-state index in [9.17, 15) is 9.90 Å². The fourth-order valence-electron chi connectivity index (χ4n) is 2.47. The van der Waals surface area contributed by atoms with E-state index in [1.807, 2.05) is 6.20 Å². The van der Waals surface area contributed by atoms with Crippen LogP contribution >= 0.6 is 11.3 Å². The van der Waals surface area contributed by atoms with Crippen molar-refractivity contribution < 1.29 is 9.90 Å². The van der Waals surface area contributed by atoms with Gasteiger partial charge in [-0.25, -0.2) is 14.8 Å². The van der Waals surface area contributed by atoms with E-state index in [1.165, 1.54) is 10.5 Å². The van der Waals surface area contributed by atoms with Gasteiger partial charge in [0.2, 0.25) is 0 Å². The fraction of sp³-hybridized carbons (Fsp3) is 0.462. The second-order valence-electron chi connectivity index (χ2n) is 4.70. The first kappa shape index (κ1) is 12.3. The van der Waals surface area contributed by atoms with Crippen molar-refractivity contribution >= 4 is 27.8 Å². The number of pyridine rings is 1. The third-order valence-corrected chi connectivity index (χ3v) is 4.60. The SMILES string of the molecule is CCc1cnc2nc([C@H]3CCCN3C(=O)O)sc2c1. The van der Waals surface area contributed by atoms with E-state index in [0.29, 0.717) is 6.54 Å². The monoisotopic (exact) mass is 277 g/mol. The van der Waals surface area contributed by atoms with Crippen LogP contribution in [0.2, 0.25) is 0 Å². The van der Waals surface area contributed by atoms with Crippen LogP contribution in [0.5, 0.6) is 0 Å². The molecule has 100 valence electrons. The average Bonchev–Trinajstić information content (AvgIpc) is 3.03. The minimum absolute atomic E-state index is 0.0956. The highest BCUT2D eigenvalue weighted by Crippen LogP contribution is 2.36. The molecule has 5 nitrogen and oxygen atoms in total. The van der Waals surface area contributed by atoms with E-state index in [2.05, 4.69) is 23.0 Å². The Kier molecular flexibility index (Phi) is 3.10. The lowest BCUT2D eigenvalue weighted by atomic mass is 10.2. The van der Waals surface area contributed by atoms with Gasteiger partial charge >= 0.3 is 6.09 Å². The summed E-state index contributed by atoms with van der Waals surface area (Å²) in [5.74, 6) is 0. The smallest absolute Gasteiger partial charge is 0.407 e. The molecule has 1 aliphatic heterocycles. The molecule has 0 aromatic carbocycles. The number of hydrogen-bond acceptors (Lipinski definition) is 4. The minimum atomic E-state index is -0.857. The molecule has 1 atom stereocenters. The van der Waals surface area contributed by atoms with Gasteiger partial charge in [-0.2, -0.15) is 0 Å². The van der Waals surface area contributed by atoms with Crippen LogP contribution in [0.3, 0.4) is 0 Å². The molecule has 0 radical (unpaired) electrons. The highest BCUT2D eigenvalue weighted by Gasteiger charge is 2.32. The molecule has 2 aromatic heterocycles. The Morgan fingerprint density at radius 2 is 2.47 bits per heavy atom. The fourth-order valence-corrected chi connectivity index (χ4v) is 3.60. The first-order valence-corrected chi connectivity index (χ1v) is 7.25. The van der Waals surface area contributed by atoms with Gasteiger partial charge in [0, 0.05) is 12.7 Å². The molecule has 0 aliphatic carbocycles. The summed E-state index contributed by atoms with van der Waals surface area (Å²) in [6, 6.07) is 2.01. The highest BCUT2D eigenvalue weighted by molar-refractivity contribution is 7.18. The van der Waals surface area contributed by atoms with E-state index < -0.39 is 6.09 Å². The topological polar surface area (TPSA) is 66.3 Å². The molecule has 1 N–H and O–H groups in total. The number of thiazole rings is 1. The number of carboxylic acid groups (broad SMARTS) is 1. The lowest BCUT2D eigenvalue weighted by Crippen LogP contribution is -2.28. The van der Waals surface area contributed by atoms with E-state index >= 15 is 0 Å². The van der Waals surface area contributed by atoms with E-state index in [-0.39, 0.29) is 6.04 Å². The third kappa shape index (κ3) is 2.16. The lowest BCUT2D eigenvalue weighted by Gasteiger charge is -2.18. The summed E-state index contributed by atoms with van der Waals surface area (Å²) in [7, 11) is 0. The number of fused-ring (bicyclic) bond motifs is 1. The Hall–Kier alpha value is -1.69. The van der Waals surface area contributed by atoms with Crippen LogP contribution in [-0.2, 0) is 6.42 Å². The molecule has 6 heteroatoms. The molecule has 0 bridgehead atoms. The zero-order valence-corrected chi connectivity index (χ0v) is 11.5. The predicted octanol–water partition coefficient (Wildman–Crippen LogP) is 3.07. The standard InChI is InChI=1S/C13H15N3O2S/c1-2-8-6-10-11(14-7-8)15-12(19-10)9-4-3-5-16(9)13(17)18/h6-7,9H,2-5H2,1H3,(H,17,18)/t9-/m1/s1. The van der Waals surface area contributed by atoms with Crippen LogP contribution in [0.15, 0.2) is 12.3 Å². The molecule has 1 aliphatic rings. The summed E-state index contributed by atoms with van der Waals surface area (Å²) in [5.41, 5.74) is 1.92. The number of amides is 1. The van der Waals surface area contributed by atoms with Crippen molar-refractivity contribution in [3.63, 3.8) is 0 Å². The number of hydrogen-bond donors (Lipinski definition) is 1. The van der Waals surface area contributed by atoms with Gasteiger partial charge in [-0.3, -0.25) is 4.90 Å². The van der Waals surface area contributed by atoms with Gasteiger partial charge < -0.3 is 5.11 Å². The Morgan fingerprint density at radius 1 is 1.63 bits per heavy atom. The Labute approximate surface area is 114 Å². The summed E-state index contributed by atoms with van der Waals surface area (Å²) in [5, 5.41) is 10.1. The largest absolute Gasteiger partial charge is 0.465 e. The molecule has 2 aromatic rings. The first-order chi connectivity index (χ1) is 9.19. The Bertz CT molecular complexity index is 625. The lowest BCUT2D eigenvalue weighted by molar-refractivity contribution is 0.140. The molecule has 1 fully saturated rings. The summed E-state index contributed by atoms with van der Waals surface area (Å²) in [4.78, 5) is 21.5. The number of likely N-dealkylation sites (tertiary alicyclic amines) is 1. The maximum Gasteiger partial charge on any atom is 0.407 e. The molecule has 0 spiro atoms. The van der Waals surface area contributed by atoms with Gasteiger partial charge in [-0.1, -0.05) is 6.92 Å². The molecule has 3 rings (SSSR count). The second kappa shape index (κ2) is 4.77. The van der Waals surface area contributed by atoms with Gasteiger partial charge in [0.1, 0.15) is 5.01 Å². The molecular formula is C13H15N3O2S. The van der Waals surface area contributed by atoms with Crippen LogP contribution in [0, 0.1) is 0 Å². The number of rotatable bonds is 2. The average molecular weight is 277 g/mol. The van der Waals surface area contributed by atoms with E-state index in [1.54, 1.807) is 11.3 Å². The molecule has 1 saturated heterocycles. The van der Waals surface area contributed by atoms with Gasteiger partial charge in [-0.15, -0.1) is 11.3 Å². The van der Waals surface area contributed by atoms with E-state index in [4.69, 9.17) is 0 Å². The first-order valence-electron chi connectivity index (χ1n) is 6.44. The summed E-state index contributed by atoms with van der Waals surface area (Å²) < 4.78 is 1.05. The van der Waals surface area contributed by atoms with Crippen molar-refractivity contribution in [2.75, 3.05) is 6.54 Å². The van der Waals surface area contributed by atoms with Crippen LogP contribution in [0.1, 0.15) is 36.4 Å². The van der Waals surface area contributed by atoms with Gasteiger partial charge in [-0.05, 0) is 30.9 Å². The van der Waals surface area contributed by atoms with Crippen molar-refractivity contribution in [2.45, 2.75) is 32.2 Å². The summed E-state index contributed by atoms with van der Waals surface area (Å²) in [6.07, 6.45) is 3.69. The molecular weight excluding hydrogens is 262 g/mol. The molecule has 3 heterocycles. The van der Waals surface area contributed by atoms with Crippen molar-refractivity contribution in [1.29, 1.82) is 0 Å².